The van der Waals surface area contributed by atoms with Crippen LogP contribution in [0.4, 0.5) is 5.69 Å². The normalized spacial score (nSPS) is 10.8. The number of nitrogens with zero attached hydrogens (tertiary/aromatic N) is 1. The van der Waals surface area contributed by atoms with Crippen molar-refractivity contribution in [1.82, 2.24) is 4.98 Å². The van der Waals surface area contributed by atoms with Gasteiger partial charge in [-0.15, -0.1) is 24.8 Å². The number of nitrogens with two attached hydrogens (primary N) is 1. The highest BCUT2D eigenvalue weighted by atomic mass is 35.5. The van der Waals surface area contributed by atoms with Gasteiger partial charge >= 0.3 is 0 Å². The SMILES string of the molecule is CSCC[C@H](N)C(=O)Nc1cncc(C)c1.Cl.Cl. The van der Waals surface area contributed by atoms with Crippen molar-refractivity contribution in [2.24, 2.45) is 5.73 Å². The van der Waals surface area contributed by atoms with E-state index in [1.807, 2.05) is 19.2 Å². The van der Waals surface area contributed by atoms with Crippen LogP contribution in [0.5, 0.6) is 0 Å². The molecule has 0 fully saturated rings. The molecule has 0 radical (unpaired) electrons. The summed E-state index contributed by atoms with van der Waals surface area (Å²) in [5.41, 5.74) is 7.45. The van der Waals surface area contributed by atoms with Gasteiger partial charge in [-0.1, -0.05) is 0 Å². The van der Waals surface area contributed by atoms with E-state index in [2.05, 4.69) is 10.3 Å². The molecule has 0 aliphatic rings. The Morgan fingerprint density at radius 1 is 1.50 bits per heavy atom. The van der Waals surface area contributed by atoms with Crippen LogP contribution in [-0.4, -0.2) is 28.9 Å². The Morgan fingerprint density at radius 2 is 2.17 bits per heavy atom. The van der Waals surface area contributed by atoms with E-state index in [9.17, 15) is 4.79 Å². The van der Waals surface area contributed by atoms with Gasteiger partial charge in [-0.3, -0.25) is 9.78 Å². The van der Waals surface area contributed by atoms with E-state index in [4.69, 9.17) is 5.73 Å². The summed E-state index contributed by atoms with van der Waals surface area (Å²) >= 11 is 1.68. The number of amides is 1. The molecule has 4 nitrogen and oxygen atoms in total. The lowest BCUT2D eigenvalue weighted by Crippen LogP contribution is -2.36. The quantitative estimate of drug-likeness (QED) is 0.875. The number of pyridine rings is 1. The second kappa shape index (κ2) is 10.4. The van der Waals surface area contributed by atoms with Crippen molar-refractivity contribution < 1.29 is 4.79 Å². The van der Waals surface area contributed by atoms with Gasteiger partial charge in [0.25, 0.3) is 0 Å². The summed E-state index contributed by atoms with van der Waals surface area (Å²) in [6.45, 7) is 1.93. The summed E-state index contributed by atoms with van der Waals surface area (Å²) in [6, 6.07) is 1.42. The van der Waals surface area contributed by atoms with Crippen molar-refractivity contribution in [3.8, 4) is 0 Å². The van der Waals surface area contributed by atoms with E-state index < -0.39 is 6.04 Å². The molecule has 1 heterocycles. The van der Waals surface area contributed by atoms with Crippen LogP contribution in [0.25, 0.3) is 0 Å². The van der Waals surface area contributed by atoms with Crippen molar-refractivity contribution in [3.05, 3.63) is 24.0 Å². The average molecular weight is 312 g/mol. The highest BCUT2D eigenvalue weighted by Crippen LogP contribution is 2.08. The molecule has 1 rings (SSSR count). The van der Waals surface area contributed by atoms with Gasteiger partial charge in [0.15, 0.2) is 0 Å². The average Bonchev–Trinajstić information content (AvgIpc) is 2.25. The van der Waals surface area contributed by atoms with E-state index in [0.717, 1.165) is 11.3 Å². The molecule has 1 amide bonds. The Kier molecular flexibility index (Phi) is 11.5. The van der Waals surface area contributed by atoms with Gasteiger partial charge in [0.05, 0.1) is 17.9 Å². The molecule has 18 heavy (non-hydrogen) atoms. The summed E-state index contributed by atoms with van der Waals surface area (Å²) in [7, 11) is 0. The molecule has 1 aromatic heterocycles. The Balaban J connectivity index is 0. The Bertz CT molecular complexity index is 366. The Labute approximate surface area is 124 Å². The molecule has 0 spiro atoms. The predicted molar refractivity (Wildman–Crippen MR) is 83.1 cm³/mol. The van der Waals surface area contributed by atoms with Crippen LogP contribution >= 0.6 is 36.6 Å². The van der Waals surface area contributed by atoms with Gasteiger partial charge in [0.2, 0.25) is 5.91 Å². The summed E-state index contributed by atoms with van der Waals surface area (Å²) in [4.78, 5) is 15.7. The second-order valence-corrected chi connectivity index (χ2v) is 4.61. The van der Waals surface area contributed by atoms with Gasteiger partial charge in [-0.05, 0) is 37.0 Å². The van der Waals surface area contributed by atoms with Gasteiger partial charge in [-0.2, -0.15) is 11.8 Å². The molecule has 0 aliphatic carbocycles. The number of carbonyl (C=O) groups is 1. The predicted octanol–water partition coefficient (Wildman–Crippen LogP) is 2.25. The second-order valence-electron chi connectivity index (χ2n) is 3.63. The lowest BCUT2D eigenvalue weighted by Gasteiger charge is -2.11. The number of aryl methyl sites for hydroxylation is 1. The fourth-order valence-electron chi connectivity index (χ4n) is 1.23. The first kappa shape index (κ1) is 19.8. The molecule has 0 unspecified atom stereocenters. The van der Waals surface area contributed by atoms with Gasteiger partial charge in [0, 0.05) is 6.20 Å². The monoisotopic (exact) mass is 311 g/mol. The van der Waals surface area contributed by atoms with E-state index in [-0.39, 0.29) is 30.7 Å². The van der Waals surface area contributed by atoms with E-state index in [1.54, 1.807) is 24.2 Å². The maximum absolute atomic E-state index is 11.7. The van der Waals surface area contributed by atoms with Gasteiger partial charge in [-0.25, -0.2) is 0 Å². The molecule has 0 saturated heterocycles. The number of nitrogens with one attached hydrogen (secondary N) is 1. The molecule has 0 saturated carbocycles. The molecular formula is C11H19Cl2N3OS. The zero-order chi connectivity index (χ0) is 12.0. The minimum Gasteiger partial charge on any atom is -0.323 e. The number of thioether (sulfide) groups is 1. The first-order valence-corrected chi connectivity index (χ1v) is 6.50. The molecule has 1 aromatic rings. The van der Waals surface area contributed by atoms with Crippen molar-refractivity contribution in [3.63, 3.8) is 0 Å². The topological polar surface area (TPSA) is 68.0 Å². The molecule has 0 bridgehead atoms. The van der Waals surface area contributed by atoms with Crippen LogP contribution in [-0.2, 0) is 4.79 Å². The molecule has 104 valence electrons. The minimum atomic E-state index is -0.451. The number of rotatable bonds is 5. The largest absolute Gasteiger partial charge is 0.323 e. The number of hydrogen-bond donors (Lipinski definition) is 2. The smallest absolute Gasteiger partial charge is 0.241 e. The molecule has 7 heteroatoms. The summed E-state index contributed by atoms with van der Waals surface area (Å²) in [5.74, 6) is 0.738. The zero-order valence-electron chi connectivity index (χ0n) is 10.4. The third kappa shape index (κ3) is 7.06. The lowest BCUT2D eigenvalue weighted by atomic mass is 10.2. The molecular weight excluding hydrogens is 293 g/mol. The van der Waals surface area contributed by atoms with Gasteiger partial charge in [0.1, 0.15) is 0 Å². The maximum Gasteiger partial charge on any atom is 0.241 e. The van der Waals surface area contributed by atoms with Crippen molar-refractivity contribution in [1.29, 1.82) is 0 Å². The summed E-state index contributed by atoms with van der Waals surface area (Å²) in [5, 5.41) is 2.76. The van der Waals surface area contributed by atoms with Crippen molar-refractivity contribution in [2.45, 2.75) is 19.4 Å². The highest BCUT2D eigenvalue weighted by Gasteiger charge is 2.12. The van der Waals surface area contributed by atoms with Crippen LogP contribution in [0.15, 0.2) is 18.5 Å². The fourth-order valence-corrected chi connectivity index (χ4v) is 1.72. The summed E-state index contributed by atoms with van der Waals surface area (Å²) in [6.07, 6.45) is 6.04. The molecule has 0 aliphatic heterocycles. The number of anilines is 1. The standard InChI is InChI=1S/C11H17N3OS.2ClH/c1-8-5-9(7-13-6-8)14-11(15)10(12)3-4-16-2;;/h5-7,10H,3-4,12H2,1-2H3,(H,14,15);2*1H/t10-;;/m0../s1. The van der Waals surface area contributed by atoms with Crippen LogP contribution in [0.3, 0.4) is 0 Å². The maximum atomic E-state index is 11.7. The van der Waals surface area contributed by atoms with Crippen LogP contribution in [0, 0.1) is 6.92 Å². The number of aromatic nitrogens is 1. The Morgan fingerprint density at radius 3 is 2.72 bits per heavy atom. The minimum absolute atomic E-state index is 0. The zero-order valence-corrected chi connectivity index (χ0v) is 12.8. The van der Waals surface area contributed by atoms with E-state index in [1.165, 1.54) is 0 Å². The number of hydrogen-bond acceptors (Lipinski definition) is 4. The third-order valence-corrected chi connectivity index (χ3v) is 2.76. The van der Waals surface area contributed by atoms with Gasteiger partial charge < -0.3 is 11.1 Å². The summed E-state index contributed by atoms with van der Waals surface area (Å²) < 4.78 is 0. The highest BCUT2D eigenvalue weighted by molar-refractivity contribution is 7.98. The first-order valence-electron chi connectivity index (χ1n) is 5.10. The number of carbonyl (C=O) groups excluding carboxylic acids is 1. The Hall–Kier alpha value is -0.490. The van der Waals surface area contributed by atoms with E-state index in [0.29, 0.717) is 12.1 Å². The lowest BCUT2D eigenvalue weighted by molar-refractivity contribution is -0.117. The molecule has 0 aromatic carbocycles. The fraction of sp³-hybridized carbons (Fsp3) is 0.455. The van der Waals surface area contributed by atoms with Crippen LogP contribution < -0.4 is 11.1 Å². The van der Waals surface area contributed by atoms with Crippen molar-refractivity contribution >= 4 is 48.2 Å². The molecule has 1 atom stereocenters. The van der Waals surface area contributed by atoms with E-state index >= 15 is 0 Å². The first-order chi connectivity index (χ1) is 7.63. The third-order valence-electron chi connectivity index (χ3n) is 2.11. The number of halogens is 2. The van der Waals surface area contributed by atoms with Crippen molar-refractivity contribution in [2.75, 3.05) is 17.3 Å². The van der Waals surface area contributed by atoms with Crippen LogP contribution in [0.1, 0.15) is 12.0 Å². The molecule has 3 N–H and O–H groups in total. The van der Waals surface area contributed by atoms with Crippen LogP contribution in [0.2, 0.25) is 0 Å².